The summed E-state index contributed by atoms with van der Waals surface area (Å²) < 4.78 is 12.9. The number of benzene rings is 1. The Kier molecular flexibility index (Phi) is 3.89. The minimum Gasteiger partial charge on any atom is -0.371 e. The standard InChI is InChI=1S/C11H17FN2/c1-9(8-13-2)14(3)11-6-4-5-10(12)7-11/h4-7,9,13H,8H2,1-3H3. The highest BCUT2D eigenvalue weighted by atomic mass is 19.1. The molecule has 0 aliphatic heterocycles. The maximum Gasteiger partial charge on any atom is 0.125 e. The lowest BCUT2D eigenvalue weighted by Gasteiger charge is -2.26. The molecular formula is C11H17FN2. The zero-order chi connectivity index (χ0) is 10.6. The molecule has 0 heterocycles. The second-order valence-corrected chi connectivity index (χ2v) is 3.50. The molecule has 1 aromatic rings. The van der Waals surface area contributed by atoms with Crippen molar-refractivity contribution in [3.63, 3.8) is 0 Å². The zero-order valence-electron chi connectivity index (χ0n) is 8.92. The van der Waals surface area contributed by atoms with Crippen molar-refractivity contribution in [3.8, 4) is 0 Å². The van der Waals surface area contributed by atoms with E-state index in [-0.39, 0.29) is 5.82 Å². The minimum atomic E-state index is -0.189. The van der Waals surface area contributed by atoms with Gasteiger partial charge in [0, 0.05) is 25.3 Å². The summed E-state index contributed by atoms with van der Waals surface area (Å²) in [6, 6.07) is 7.00. The molecule has 0 bridgehead atoms. The van der Waals surface area contributed by atoms with Crippen molar-refractivity contribution in [1.82, 2.24) is 5.32 Å². The summed E-state index contributed by atoms with van der Waals surface area (Å²) in [5.74, 6) is -0.189. The van der Waals surface area contributed by atoms with Gasteiger partial charge in [0.25, 0.3) is 0 Å². The molecule has 0 aliphatic carbocycles. The number of anilines is 1. The molecule has 3 heteroatoms. The average molecular weight is 196 g/mol. The highest BCUT2D eigenvalue weighted by Gasteiger charge is 2.08. The number of rotatable bonds is 4. The van der Waals surface area contributed by atoms with Gasteiger partial charge in [0.2, 0.25) is 0 Å². The van der Waals surface area contributed by atoms with Gasteiger partial charge in [-0.15, -0.1) is 0 Å². The van der Waals surface area contributed by atoms with Crippen LogP contribution in [0.2, 0.25) is 0 Å². The number of nitrogens with one attached hydrogen (secondary N) is 1. The van der Waals surface area contributed by atoms with E-state index in [1.807, 2.05) is 20.2 Å². The van der Waals surface area contributed by atoms with Crippen molar-refractivity contribution < 1.29 is 4.39 Å². The Morgan fingerprint density at radius 2 is 2.21 bits per heavy atom. The number of halogens is 1. The van der Waals surface area contributed by atoms with Gasteiger partial charge in [-0.1, -0.05) is 6.07 Å². The third kappa shape index (κ3) is 2.70. The molecule has 1 rings (SSSR count). The molecule has 0 aromatic heterocycles. The number of hydrogen-bond donors (Lipinski definition) is 1. The van der Waals surface area contributed by atoms with Crippen LogP contribution in [0.25, 0.3) is 0 Å². The molecule has 0 spiro atoms. The monoisotopic (exact) mass is 196 g/mol. The Morgan fingerprint density at radius 3 is 2.79 bits per heavy atom. The minimum absolute atomic E-state index is 0.189. The smallest absolute Gasteiger partial charge is 0.125 e. The van der Waals surface area contributed by atoms with Crippen LogP contribution >= 0.6 is 0 Å². The van der Waals surface area contributed by atoms with E-state index >= 15 is 0 Å². The average Bonchev–Trinajstić information content (AvgIpc) is 2.17. The van der Waals surface area contributed by atoms with Crippen LogP contribution in [0, 0.1) is 5.82 Å². The zero-order valence-corrected chi connectivity index (χ0v) is 8.92. The van der Waals surface area contributed by atoms with E-state index in [2.05, 4.69) is 17.1 Å². The summed E-state index contributed by atoms with van der Waals surface area (Å²) in [5, 5.41) is 3.10. The first-order chi connectivity index (χ1) is 6.65. The van der Waals surface area contributed by atoms with Gasteiger partial charge in [-0.3, -0.25) is 0 Å². The molecule has 1 unspecified atom stereocenters. The highest BCUT2D eigenvalue weighted by molar-refractivity contribution is 5.46. The van der Waals surface area contributed by atoms with Crippen molar-refractivity contribution in [2.24, 2.45) is 0 Å². The van der Waals surface area contributed by atoms with Crippen LogP contribution in [0.15, 0.2) is 24.3 Å². The first kappa shape index (κ1) is 11.0. The van der Waals surface area contributed by atoms with Gasteiger partial charge in [-0.25, -0.2) is 4.39 Å². The van der Waals surface area contributed by atoms with Crippen LogP contribution in [0.4, 0.5) is 10.1 Å². The summed E-state index contributed by atoms with van der Waals surface area (Å²) in [7, 11) is 3.88. The fourth-order valence-electron chi connectivity index (χ4n) is 1.38. The Hall–Kier alpha value is -1.09. The van der Waals surface area contributed by atoms with Crippen molar-refractivity contribution in [2.75, 3.05) is 25.5 Å². The highest BCUT2D eigenvalue weighted by Crippen LogP contribution is 2.15. The van der Waals surface area contributed by atoms with Gasteiger partial charge < -0.3 is 10.2 Å². The molecule has 14 heavy (non-hydrogen) atoms. The molecule has 0 saturated heterocycles. The van der Waals surface area contributed by atoms with E-state index in [1.54, 1.807) is 12.1 Å². The first-order valence-corrected chi connectivity index (χ1v) is 4.78. The lowest BCUT2D eigenvalue weighted by molar-refractivity contribution is 0.614. The summed E-state index contributed by atoms with van der Waals surface area (Å²) in [6.07, 6.45) is 0. The molecule has 78 valence electrons. The third-order valence-corrected chi connectivity index (χ3v) is 2.38. The Bertz CT molecular complexity index is 288. The van der Waals surface area contributed by atoms with E-state index in [0.29, 0.717) is 6.04 Å². The van der Waals surface area contributed by atoms with E-state index < -0.39 is 0 Å². The fraction of sp³-hybridized carbons (Fsp3) is 0.455. The van der Waals surface area contributed by atoms with Crippen LogP contribution in [0.5, 0.6) is 0 Å². The molecular weight excluding hydrogens is 179 g/mol. The normalized spacial score (nSPS) is 12.6. The largest absolute Gasteiger partial charge is 0.371 e. The Labute approximate surface area is 84.7 Å². The van der Waals surface area contributed by atoms with Crippen molar-refractivity contribution in [3.05, 3.63) is 30.1 Å². The van der Waals surface area contributed by atoms with E-state index in [9.17, 15) is 4.39 Å². The van der Waals surface area contributed by atoms with Crippen molar-refractivity contribution in [1.29, 1.82) is 0 Å². The summed E-state index contributed by atoms with van der Waals surface area (Å²) in [5.41, 5.74) is 0.910. The number of nitrogens with zero attached hydrogens (tertiary/aromatic N) is 1. The molecule has 0 saturated carbocycles. The second kappa shape index (κ2) is 4.96. The lowest BCUT2D eigenvalue weighted by Crippen LogP contribution is -2.36. The molecule has 0 fully saturated rings. The van der Waals surface area contributed by atoms with Crippen LogP contribution in [0.3, 0.4) is 0 Å². The van der Waals surface area contributed by atoms with Gasteiger partial charge in [0.05, 0.1) is 0 Å². The fourth-order valence-corrected chi connectivity index (χ4v) is 1.38. The Balaban J connectivity index is 2.73. The Morgan fingerprint density at radius 1 is 1.50 bits per heavy atom. The maximum atomic E-state index is 12.9. The third-order valence-electron chi connectivity index (χ3n) is 2.38. The van der Waals surface area contributed by atoms with Gasteiger partial charge in [0.15, 0.2) is 0 Å². The number of likely N-dealkylation sites (N-methyl/N-ethyl adjacent to an activating group) is 2. The lowest BCUT2D eigenvalue weighted by atomic mass is 10.2. The molecule has 0 amide bonds. The summed E-state index contributed by atoms with van der Waals surface area (Å²) in [6.45, 7) is 2.98. The summed E-state index contributed by atoms with van der Waals surface area (Å²) in [4.78, 5) is 2.06. The molecule has 1 aromatic carbocycles. The molecule has 0 aliphatic rings. The van der Waals surface area contributed by atoms with Crippen LogP contribution < -0.4 is 10.2 Å². The first-order valence-electron chi connectivity index (χ1n) is 4.78. The summed E-state index contributed by atoms with van der Waals surface area (Å²) >= 11 is 0. The predicted octanol–water partition coefficient (Wildman–Crippen LogP) is 1.87. The van der Waals surface area contributed by atoms with Gasteiger partial charge >= 0.3 is 0 Å². The van der Waals surface area contributed by atoms with Crippen LogP contribution in [-0.2, 0) is 0 Å². The quantitative estimate of drug-likeness (QED) is 0.791. The van der Waals surface area contributed by atoms with Gasteiger partial charge in [0.1, 0.15) is 5.82 Å². The molecule has 2 nitrogen and oxygen atoms in total. The topological polar surface area (TPSA) is 15.3 Å². The van der Waals surface area contributed by atoms with Gasteiger partial charge in [-0.05, 0) is 32.2 Å². The SMILES string of the molecule is CNCC(C)N(C)c1cccc(F)c1. The molecule has 0 radical (unpaired) electrons. The molecule has 1 N–H and O–H groups in total. The predicted molar refractivity (Wildman–Crippen MR) is 58.2 cm³/mol. The van der Waals surface area contributed by atoms with Gasteiger partial charge in [-0.2, -0.15) is 0 Å². The van der Waals surface area contributed by atoms with Crippen molar-refractivity contribution in [2.45, 2.75) is 13.0 Å². The maximum absolute atomic E-state index is 12.9. The second-order valence-electron chi connectivity index (χ2n) is 3.50. The molecule has 1 atom stereocenters. The van der Waals surface area contributed by atoms with E-state index in [4.69, 9.17) is 0 Å². The van der Waals surface area contributed by atoms with E-state index in [1.165, 1.54) is 6.07 Å². The van der Waals surface area contributed by atoms with Crippen LogP contribution in [0.1, 0.15) is 6.92 Å². The van der Waals surface area contributed by atoms with Crippen LogP contribution in [-0.4, -0.2) is 26.7 Å². The van der Waals surface area contributed by atoms with Crippen molar-refractivity contribution >= 4 is 5.69 Å². The number of hydrogen-bond acceptors (Lipinski definition) is 2. The van der Waals surface area contributed by atoms with E-state index in [0.717, 1.165) is 12.2 Å².